The molecule has 0 spiro atoms. The van der Waals surface area contributed by atoms with Crippen molar-refractivity contribution in [1.82, 2.24) is 4.90 Å². The van der Waals surface area contributed by atoms with Gasteiger partial charge < -0.3 is 4.74 Å². The van der Waals surface area contributed by atoms with Gasteiger partial charge in [-0.2, -0.15) is 0 Å². The summed E-state index contributed by atoms with van der Waals surface area (Å²) in [7, 11) is 0. The zero-order valence-corrected chi connectivity index (χ0v) is 10.9. The number of rotatable bonds is 4. The van der Waals surface area contributed by atoms with Gasteiger partial charge in [0, 0.05) is 24.7 Å². The van der Waals surface area contributed by atoms with Gasteiger partial charge in [0.15, 0.2) is 0 Å². The zero-order chi connectivity index (χ0) is 13.0. The van der Waals surface area contributed by atoms with Crippen molar-refractivity contribution in [3.05, 3.63) is 47.5 Å². The summed E-state index contributed by atoms with van der Waals surface area (Å²) >= 11 is 0. The van der Waals surface area contributed by atoms with E-state index in [4.69, 9.17) is 4.74 Å². The van der Waals surface area contributed by atoms with Crippen LogP contribution < -0.4 is 0 Å². The van der Waals surface area contributed by atoms with Crippen LogP contribution in [-0.4, -0.2) is 30.0 Å². The molecule has 1 aromatic rings. The highest BCUT2D eigenvalue weighted by atomic mass is 16.5. The summed E-state index contributed by atoms with van der Waals surface area (Å²) in [5.74, 6) is -0.193. The molecule has 0 aliphatic carbocycles. The Hall–Kier alpha value is -1.61. The molecule has 96 valence electrons. The molecule has 0 amide bonds. The van der Waals surface area contributed by atoms with Crippen molar-refractivity contribution in [3.8, 4) is 0 Å². The summed E-state index contributed by atoms with van der Waals surface area (Å²) in [4.78, 5) is 14.1. The Kier molecular flexibility index (Phi) is 4.15. The highest BCUT2D eigenvalue weighted by Gasteiger charge is 2.22. The largest absolute Gasteiger partial charge is 0.457 e. The number of carbonyl (C=O) groups is 1. The summed E-state index contributed by atoms with van der Waals surface area (Å²) in [6, 6.07) is 10.2. The molecule has 0 N–H and O–H groups in total. The fourth-order valence-electron chi connectivity index (χ4n) is 1.93. The van der Waals surface area contributed by atoms with Crippen molar-refractivity contribution in [2.24, 2.45) is 0 Å². The van der Waals surface area contributed by atoms with Crippen LogP contribution in [0.5, 0.6) is 0 Å². The van der Waals surface area contributed by atoms with E-state index in [1.165, 1.54) is 0 Å². The quantitative estimate of drug-likeness (QED) is 0.763. The standard InChI is InChI=1S/C15H19NO2/c1-12(2)16-9-8-14(10-16)15(17)18-11-13-6-4-3-5-7-13/h3-8,12H,9-11H2,1-2H3. The van der Waals surface area contributed by atoms with E-state index in [9.17, 15) is 4.79 Å². The van der Waals surface area contributed by atoms with Gasteiger partial charge in [-0.3, -0.25) is 4.90 Å². The van der Waals surface area contributed by atoms with Gasteiger partial charge in [-0.1, -0.05) is 36.4 Å². The molecule has 0 fully saturated rings. The van der Waals surface area contributed by atoms with Crippen LogP contribution in [0.15, 0.2) is 42.0 Å². The van der Waals surface area contributed by atoms with Crippen molar-refractivity contribution < 1.29 is 9.53 Å². The molecular formula is C15H19NO2. The van der Waals surface area contributed by atoms with E-state index < -0.39 is 0 Å². The molecule has 0 unspecified atom stereocenters. The number of hydrogen-bond donors (Lipinski definition) is 0. The van der Waals surface area contributed by atoms with Crippen molar-refractivity contribution in [3.63, 3.8) is 0 Å². The van der Waals surface area contributed by atoms with Crippen LogP contribution in [0, 0.1) is 0 Å². The first-order valence-electron chi connectivity index (χ1n) is 6.31. The van der Waals surface area contributed by atoms with Crippen LogP contribution in [0.1, 0.15) is 19.4 Å². The molecule has 0 atom stereocenters. The Morgan fingerprint density at radius 2 is 2.06 bits per heavy atom. The zero-order valence-electron chi connectivity index (χ0n) is 10.9. The van der Waals surface area contributed by atoms with Gasteiger partial charge in [-0.25, -0.2) is 4.79 Å². The van der Waals surface area contributed by atoms with Crippen molar-refractivity contribution in [1.29, 1.82) is 0 Å². The maximum Gasteiger partial charge on any atom is 0.335 e. The molecule has 2 rings (SSSR count). The van der Waals surface area contributed by atoms with Crippen LogP contribution in [-0.2, 0) is 16.1 Å². The van der Waals surface area contributed by atoms with E-state index in [0.29, 0.717) is 19.2 Å². The fourth-order valence-corrected chi connectivity index (χ4v) is 1.93. The predicted octanol–water partition coefficient (Wildman–Crippen LogP) is 2.38. The fraction of sp³-hybridized carbons (Fsp3) is 0.400. The number of benzene rings is 1. The van der Waals surface area contributed by atoms with Gasteiger partial charge in [-0.05, 0) is 19.4 Å². The topological polar surface area (TPSA) is 29.5 Å². The van der Waals surface area contributed by atoms with E-state index >= 15 is 0 Å². The molecule has 0 bridgehead atoms. The van der Waals surface area contributed by atoms with Crippen molar-refractivity contribution in [2.75, 3.05) is 13.1 Å². The molecular weight excluding hydrogens is 226 g/mol. The highest BCUT2D eigenvalue weighted by Crippen LogP contribution is 2.14. The van der Waals surface area contributed by atoms with Gasteiger partial charge in [0.05, 0.1) is 0 Å². The summed E-state index contributed by atoms with van der Waals surface area (Å²) in [5.41, 5.74) is 1.80. The van der Waals surface area contributed by atoms with Gasteiger partial charge in [0.2, 0.25) is 0 Å². The molecule has 1 aliphatic heterocycles. The summed E-state index contributed by atoms with van der Waals surface area (Å²) < 4.78 is 5.31. The SMILES string of the molecule is CC(C)N1CC=C(C(=O)OCc2ccccc2)C1. The lowest BCUT2D eigenvalue weighted by molar-refractivity contribution is -0.140. The lowest BCUT2D eigenvalue weighted by Crippen LogP contribution is -2.29. The molecule has 0 aromatic heterocycles. The van der Waals surface area contributed by atoms with Crippen LogP contribution in [0.25, 0.3) is 0 Å². The molecule has 18 heavy (non-hydrogen) atoms. The third kappa shape index (κ3) is 3.20. The molecule has 1 aromatic carbocycles. The molecule has 1 aliphatic rings. The number of hydrogen-bond acceptors (Lipinski definition) is 3. The molecule has 0 radical (unpaired) electrons. The first-order chi connectivity index (χ1) is 8.66. The smallest absolute Gasteiger partial charge is 0.335 e. The van der Waals surface area contributed by atoms with E-state index in [1.54, 1.807) is 0 Å². The summed E-state index contributed by atoms with van der Waals surface area (Å²) in [5, 5.41) is 0. The third-order valence-corrected chi connectivity index (χ3v) is 3.15. The van der Waals surface area contributed by atoms with E-state index in [1.807, 2.05) is 36.4 Å². The monoisotopic (exact) mass is 245 g/mol. The van der Waals surface area contributed by atoms with Crippen LogP contribution in [0.4, 0.5) is 0 Å². The number of ether oxygens (including phenoxy) is 1. The highest BCUT2D eigenvalue weighted by molar-refractivity contribution is 5.89. The molecule has 3 nitrogen and oxygen atoms in total. The molecule has 0 saturated carbocycles. The Bertz CT molecular complexity index is 437. The lowest BCUT2D eigenvalue weighted by Gasteiger charge is -2.19. The minimum Gasteiger partial charge on any atom is -0.457 e. The average Bonchev–Trinajstić information content (AvgIpc) is 2.87. The van der Waals surface area contributed by atoms with Gasteiger partial charge in [0.1, 0.15) is 6.61 Å². The van der Waals surface area contributed by atoms with E-state index in [0.717, 1.165) is 17.7 Å². The summed E-state index contributed by atoms with van der Waals surface area (Å²) in [6.07, 6.45) is 1.97. The van der Waals surface area contributed by atoms with Crippen molar-refractivity contribution in [2.45, 2.75) is 26.5 Å². The second-order valence-electron chi connectivity index (χ2n) is 4.81. The van der Waals surface area contributed by atoms with E-state index in [-0.39, 0.29) is 5.97 Å². The second-order valence-corrected chi connectivity index (χ2v) is 4.81. The Morgan fingerprint density at radius 3 is 2.67 bits per heavy atom. The first-order valence-corrected chi connectivity index (χ1v) is 6.31. The van der Waals surface area contributed by atoms with Gasteiger partial charge in [-0.15, -0.1) is 0 Å². The predicted molar refractivity (Wildman–Crippen MR) is 71.0 cm³/mol. The third-order valence-electron chi connectivity index (χ3n) is 3.15. The number of esters is 1. The normalized spacial score (nSPS) is 15.8. The van der Waals surface area contributed by atoms with E-state index in [2.05, 4.69) is 18.7 Å². The van der Waals surface area contributed by atoms with Gasteiger partial charge in [0.25, 0.3) is 0 Å². The lowest BCUT2D eigenvalue weighted by atomic mass is 10.2. The average molecular weight is 245 g/mol. The van der Waals surface area contributed by atoms with Gasteiger partial charge >= 0.3 is 5.97 Å². The Morgan fingerprint density at radius 1 is 1.33 bits per heavy atom. The van der Waals surface area contributed by atoms with Crippen LogP contribution in [0.3, 0.4) is 0 Å². The minimum atomic E-state index is -0.193. The number of nitrogens with zero attached hydrogens (tertiary/aromatic N) is 1. The molecule has 1 heterocycles. The second kappa shape index (κ2) is 5.83. The molecule has 3 heteroatoms. The Balaban J connectivity index is 1.83. The number of carbonyl (C=O) groups excluding carboxylic acids is 1. The van der Waals surface area contributed by atoms with Crippen LogP contribution in [0.2, 0.25) is 0 Å². The minimum absolute atomic E-state index is 0.193. The first kappa shape index (κ1) is 12.8. The van der Waals surface area contributed by atoms with Crippen molar-refractivity contribution >= 4 is 5.97 Å². The Labute approximate surface area is 108 Å². The summed E-state index contributed by atoms with van der Waals surface area (Å²) in [6.45, 7) is 6.15. The maximum atomic E-state index is 11.9. The van der Waals surface area contributed by atoms with Crippen LogP contribution >= 0.6 is 0 Å². The maximum absolute atomic E-state index is 11.9. The molecule has 0 saturated heterocycles.